The van der Waals surface area contributed by atoms with Gasteiger partial charge >= 0.3 is 0 Å². The minimum absolute atomic E-state index is 0.0142. The Morgan fingerprint density at radius 1 is 1.60 bits per heavy atom. The number of rotatable bonds is 3. The number of hydrogen-bond acceptors (Lipinski definition) is 3. The summed E-state index contributed by atoms with van der Waals surface area (Å²) in [6.45, 7) is 2.33. The van der Waals surface area contributed by atoms with Gasteiger partial charge in [-0.2, -0.15) is 0 Å². The minimum Gasteiger partial charge on any atom is -0.394 e. The first-order valence-corrected chi connectivity index (χ1v) is 5.82. The van der Waals surface area contributed by atoms with Gasteiger partial charge in [0, 0.05) is 24.5 Å². The molecule has 0 aromatic rings. The van der Waals surface area contributed by atoms with Gasteiger partial charge in [0.15, 0.2) is 0 Å². The van der Waals surface area contributed by atoms with E-state index in [1.165, 1.54) is 0 Å². The summed E-state index contributed by atoms with van der Waals surface area (Å²) in [5.41, 5.74) is -0.375. The molecule has 2 N–H and O–H groups in total. The molecule has 4 heteroatoms. The molecular formula is C11H20FNO2. The molecule has 0 bridgehead atoms. The third-order valence-corrected chi connectivity index (χ3v) is 4.07. The van der Waals surface area contributed by atoms with Gasteiger partial charge in [-0.25, -0.2) is 4.39 Å². The van der Waals surface area contributed by atoms with Crippen LogP contribution in [0.1, 0.15) is 32.6 Å². The molecule has 2 heterocycles. The first-order valence-electron chi connectivity index (χ1n) is 5.82. The monoisotopic (exact) mass is 217 g/mol. The zero-order valence-electron chi connectivity index (χ0n) is 9.19. The van der Waals surface area contributed by atoms with E-state index in [9.17, 15) is 14.6 Å². The van der Waals surface area contributed by atoms with Gasteiger partial charge in [-0.15, -0.1) is 0 Å². The normalized spacial score (nSPS) is 43.2. The number of fused-ring (bicyclic) bond motifs is 1. The van der Waals surface area contributed by atoms with Gasteiger partial charge in [0.05, 0.1) is 12.7 Å². The van der Waals surface area contributed by atoms with Crippen LogP contribution in [-0.2, 0) is 0 Å². The summed E-state index contributed by atoms with van der Waals surface area (Å²) in [5.74, 6) is 0. The number of halogens is 1. The maximum absolute atomic E-state index is 13.4. The lowest BCUT2D eigenvalue weighted by atomic mass is 9.94. The van der Waals surface area contributed by atoms with E-state index >= 15 is 0 Å². The average Bonchev–Trinajstić information content (AvgIpc) is 2.71. The van der Waals surface area contributed by atoms with Crippen LogP contribution in [0.2, 0.25) is 0 Å². The highest BCUT2D eigenvalue weighted by molar-refractivity contribution is 5.08. The lowest BCUT2D eigenvalue weighted by molar-refractivity contribution is 0.0206. The second-order valence-electron chi connectivity index (χ2n) is 4.92. The van der Waals surface area contributed by atoms with Gasteiger partial charge in [0.25, 0.3) is 0 Å². The molecule has 0 aliphatic carbocycles. The highest BCUT2D eigenvalue weighted by atomic mass is 19.1. The molecular weight excluding hydrogens is 197 g/mol. The third kappa shape index (κ3) is 1.69. The van der Waals surface area contributed by atoms with Gasteiger partial charge in [0.1, 0.15) is 6.17 Å². The summed E-state index contributed by atoms with van der Waals surface area (Å²) in [6, 6.07) is 0.0444. The first-order chi connectivity index (χ1) is 7.13. The predicted octanol–water partition coefficient (Wildman–Crippen LogP) is 0.695. The standard InChI is InChI=1S/C11H20FNO2/c1-2-10(15)9-3-4-11(7-14)5-8(12)6-13(9)11/h8-10,14-15H,2-7H2,1H3/t8-,9?,10?,11?/m1/s1. The smallest absolute Gasteiger partial charge is 0.115 e. The molecule has 2 aliphatic heterocycles. The Morgan fingerprint density at radius 3 is 2.93 bits per heavy atom. The Hall–Kier alpha value is -0.190. The zero-order valence-corrected chi connectivity index (χ0v) is 9.19. The van der Waals surface area contributed by atoms with E-state index in [0.29, 0.717) is 19.4 Å². The van der Waals surface area contributed by atoms with E-state index < -0.39 is 6.17 Å². The lowest BCUT2D eigenvalue weighted by Crippen LogP contribution is -2.48. The fraction of sp³-hybridized carbons (Fsp3) is 1.00. The molecule has 0 aromatic carbocycles. The van der Waals surface area contributed by atoms with Crippen LogP contribution in [0, 0.1) is 0 Å². The first kappa shape index (κ1) is 11.3. The van der Waals surface area contributed by atoms with Crippen molar-refractivity contribution in [2.24, 2.45) is 0 Å². The molecule has 3 nitrogen and oxygen atoms in total. The molecule has 0 saturated carbocycles. The molecule has 2 saturated heterocycles. The molecule has 2 fully saturated rings. The molecule has 0 amide bonds. The number of aliphatic hydroxyl groups excluding tert-OH is 2. The Balaban J connectivity index is 2.14. The largest absolute Gasteiger partial charge is 0.394 e. The number of hydrogen-bond donors (Lipinski definition) is 2. The van der Waals surface area contributed by atoms with Gasteiger partial charge in [-0.1, -0.05) is 6.92 Å². The topological polar surface area (TPSA) is 43.7 Å². The van der Waals surface area contributed by atoms with Crippen molar-refractivity contribution in [1.82, 2.24) is 4.90 Å². The van der Waals surface area contributed by atoms with Crippen LogP contribution in [0.3, 0.4) is 0 Å². The molecule has 88 valence electrons. The van der Waals surface area contributed by atoms with Crippen molar-refractivity contribution in [2.45, 2.75) is 56.5 Å². The van der Waals surface area contributed by atoms with Crippen LogP contribution in [-0.4, -0.2) is 52.1 Å². The molecule has 15 heavy (non-hydrogen) atoms. The van der Waals surface area contributed by atoms with E-state index in [-0.39, 0.29) is 24.3 Å². The summed E-state index contributed by atoms with van der Waals surface area (Å²) >= 11 is 0. The average molecular weight is 217 g/mol. The van der Waals surface area contributed by atoms with Gasteiger partial charge in [0.2, 0.25) is 0 Å². The van der Waals surface area contributed by atoms with Crippen molar-refractivity contribution in [2.75, 3.05) is 13.2 Å². The molecule has 4 atom stereocenters. The SMILES string of the molecule is CCC(O)C1CCC2(CO)C[C@@H](F)CN12. The van der Waals surface area contributed by atoms with Crippen LogP contribution in [0.5, 0.6) is 0 Å². The van der Waals surface area contributed by atoms with Crippen LogP contribution in [0.4, 0.5) is 4.39 Å². The predicted molar refractivity (Wildman–Crippen MR) is 55.4 cm³/mol. The highest BCUT2D eigenvalue weighted by Gasteiger charge is 2.53. The summed E-state index contributed by atoms with van der Waals surface area (Å²) in [6.07, 6.45) is 1.58. The van der Waals surface area contributed by atoms with Crippen LogP contribution < -0.4 is 0 Å². The van der Waals surface area contributed by atoms with E-state index in [4.69, 9.17) is 0 Å². The minimum atomic E-state index is -0.844. The highest BCUT2D eigenvalue weighted by Crippen LogP contribution is 2.44. The van der Waals surface area contributed by atoms with Gasteiger partial charge in [-0.3, -0.25) is 4.90 Å². The molecule has 2 rings (SSSR count). The molecule has 2 aliphatic rings. The number of alkyl halides is 1. The molecule has 3 unspecified atom stereocenters. The third-order valence-electron chi connectivity index (χ3n) is 4.07. The van der Waals surface area contributed by atoms with E-state index in [1.807, 2.05) is 11.8 Å². The second-order valence-corrected chi connectivity index (χ2v) is 4.92. The maximum Gasteiger partial charge on any atom is 0.115 e. The Morgan fingerprint density at radius 2 is 2.33 bits per heavy atom. The fourth-order valence-electron chi connectivity index (χ4n) is 3.21. The Bertz CT molecular complexity index is 239. The lowest BCUT2D eigenvalue weighted by Gasteiger charge is -2.34. The molecule has 0 radical (unpaired) electrons. The van der Waals surface area contributed by atoms with Crippen molar-refractivity contribution < 1.29 is 14.6 Å². The van der Waals surface area contributed by atoms with Crippen molar-refractivity contribution in [1.29, 1.82) is 0 Å². The van der Waals surface area contributed by atoms with Crippen LogP contribution >= 0.6 is 0 Å². The van der Waals surface area contributed by atoms with E-state index in [1.54, 1.807) is 0 Å². The second kappa shape index (κ2) is 4.00. The summed E-state index contributed by atoms with van der Waals surface area (Å²) in [7, 11) is 0. The zero-order chi connectivity index (χ0) is 11.1. The van der Waals surface area contributed by atoms with Crippen molar-refractivity contribution >= 4 is 0 Å². The van der Waals surface area contributed by atoms with Crippen LogP contribution in [0.25, 0.3) is 0 Å². The number of aliphatic hydroxyl groups is 2. The fourth-order valence-corrected chi connectivity index (χ4v) is 3.21. The van der Waals surface area contributed by atoms with E-state index in [0.717, 1.165) is 12.8 Å². The Labute approximate surface area is 89.9 Å². The Kier molecular flexibility index (Phi) is 3.01. The van der Waals surface area contributed by atoms with Crippen molar-refractivity contribution in [3.8, 4) is 0 Å². The quantitative estimate of drug-likeness (QED) is 0.731. The number of nitrogens with zero attached hydrogens (tertiary/aromatic N) is 1. The summed E-state index contributed by atoms with van der Waals surface area (Å²) < 4.78 is 13.4. The van der Waals surface area contributed by atoms with Crippen molar-refractivity contribution in [3.63, 3.8) is 0 Å². The molecule has 0 aromatic heterocycles. The van der Waals surface area contributed by atoms with Crippen LogP contribution in [0.15, 0.2) is 0 Å². The van der Waals surface area contributed by atoms with E-state index in [2.05, 4.69) is 0 Å². The molecule has 0 spiro atoms. The summed E-state index contributed by atoms with van der Waals surface area (Å²) in [5, 5.41) is 19.3. The van der Waals surface area contributed by atoms with Crippen molar-refractivity contribution in [3.05, 3.63) is 0 Å². The van der Waals surface area contributed by atoms with Gasteiger partial charge in [-0.05, 0) is 19.3 Å². The van der Waals surface area contributed by atoms with Gasteiger partial charge < -0.3 is 10.2 Å². The summed E-state index contributed by atoms with van der Waals surface area (Å²) in [4.78, 5) is 2.01. The maximum atomic E-state index is 13.4.